The molecule has 21 heavy (non-hydrogen) atoms. The molecule has 112 valence electrons. The molecule has 4 nitrogen and oxygen atoms in total. The van der Waals surface area contributed by atoms with Crippen molar-refractivity contribution < 1.29 is 18.3 Å². The Morgan fingerprint density at radius 2 is 1.86 bits per heavy atom. The SMILES string of the molecule is OCC(Cc1ccccc1)Nc1nccc(C(F)(F)F)n1. The summed E-state index contributed by atoms with van der Waals surface area (Å²) in [6.07, 6.45) is -3.03. The van der Waals surface area contributed by atoms with Crippen LogP contribution in [-0.4, -0.2) is 27.7 Å². The molecule has 0 amide bonds. The van der Waals surface area contributed by atoms with Gasteiger partial charge in [0, 0.05) is 6.20 Å². The van der Waals surface area contributed by atoms with Gasteiger partial charge in [-0.15, -0.1) is 0 Å². The Hall–Kier alpha value is -2.15. The molecule has 1 atom stereocenters. The molecule has 0 radical (unpaired) electrons. The molecule has 2 rings (SSSR count). The van der Waals surface area contributed by atoms with E-state index < -0.39 is 17.9 Å². The average molecular weight is 297 g/mol. The topological polar surface area (TPSA) is 58.0 Å². The Bertz CT molecular complexity index is 575. The Morgan fingerprint density at radius 1 is 1.14 bits per heavy atom. The molecule has 1 unspecified atom stereocenters. The number of alkyl halides is 3. The second-order valence-electron chi connectivity index (χ2n) is 4.48. The van der Waals surface area contributed by atoms with Crippen LogP contribution in [0.3, 0.4) is 0 Å². The molecule has 0 aliphatic carbocycles. The van der Waals surface area contributed by atoms with Crippen LogP contribution in [0.5, 0.6) is 0 Å². The summed E-state index contributed by atoms with van der Waals surface area (Å²) in [6, 6.07) is 9.65. The predicted octanol–water partition coefficient (Wildman–Crippen LogP) is 2.51. The van der Waals surface area contributed by atoms with Crippen LogP contribution in [0.25, 0.3) is 0 Å². The van der Waals surface area contributed by atoms with Gasteiger partial charge in [-0.2, -0.15) is 13.2 Å². The third kappa shape index (κ3) is 4.42. The van der Waals surface area contributed by atoms with Crippen LogP contribution in [0.15, 0.2) is 42.6 Å². The smallest absolute Gasteiger partial charge is 0.394 e. The highest BCUT2D eigenvalue weighted by molar-refractivity contribution is 5.29. The number of anilines is 1. The van der Waals surface area contributed by atoms with Gasteiger partial charge in [0.05, 0.1) is 12.6 Å². The second-order valence-corrected chi connectivity index (χ2v) is 4.48. The van der Waals surface area contributed by atoms with Gasteiger partial charge >= 0.3 is 6.18 Å². The lowest BCUT2D eigenvalue weighted by molar-refractivity contribution is -0.141. The van der Waals surface area contributed by atoms with Crippen molar-refractivity contribution in [3.05, 3.63) is 53.9 Å². The zero-order valence-corrected chi connectivity index (χ0v) is 11.0. The molecule has 7 heteroatoms. The van der Waals surface area contributed by atoms with E-state index >= 15 is 0 Å². The molecule has 1 aromatic heterocycles. The minimum atomic E-state index is -4.52. The standard InChI is InChI=1S/C14H14F3N3O/c15-14(16,17)12-6-7-18-13(20-12)19-11(9-21)8-10-4-2-1-3-5-10/h1-7,11,21H,8-9H2,(H,18,19,20). The van der Waals surface area contributed by atoms with Gasteiger partial charge in [0.2, 0.25) is 5.95 Å². The van der Waals surface area contributed by atoms with E-state index in [0.717, 1.165) is 17.8 Å². The maximum atomic E-state index is 12.6. The fourth-order valence-corrected chi connectivity index (χ4v) is 1.83. The minimum absolute atomic E-state index is 0.153. The minimum Gasteiger partial charge on any atom is -0.394 e. The fourth-order valence-electron chi connectivity index (χ4n) is 1.83. The van der Waals surface area contributed by atoms with Crippen LogP contribution in [-0.2, 0) is 12.6 Å². The van der Waals surface area contributed by atoms with Gasteiger partial charge in [0.1, 0.15) is 5.69 Å². The molecule has 2 N–H and O–H groups in total. The summed E-state index contributed by atoms with van der Waals surface area (Å²) in [6.45, 7) is -0.242. The number of rotatable bonds is 5. The summed E-state index contributed by atoms with van der Waals surface area (Å²) in [4.78, 5) is 7.16. The molecule has 2 aromatic rings. The third-order valence-electron chi connectivity index (χ3n) is 2.82. The van der Waals surface area contributed by atoms with Crippen molar-refractivity contribution in [2.75, 3.05) is 11.9 Å². The van der Waals surface area contributed by atoms with Crippen molar-refractivity contribution >= 4 is 5.95 Å². The largest absolute Gasteiger partial charge is 0.433 e. The van der Waals surface area contributed by atoms with Crippen LogP contribution < -0.4 is 5.32 Å². The van der Waals surface area contributed by atoms with Gasteiger partial charge in [-0.05, 0) is 18.1 Å². The van der Waals surface area contributed by atoms with Crippen molar-refractivity contribution in [3.63, 3.8) is 0 Å². The number of hydrogen-bond acceptors (Lipinski definition) is 4. The highest BCUT2D eigenvalue weighted by Crippen LogP contribution is 2.27. The van der Waals surface area contributed by atoms with Crippen molar-refractivity contribution in [2.45, 2.75) is 18.6 Å². The van der Waals surface area contributed by atoms with E-state index in [0.29, 0.717) is 6.42 Å². The van der Waals surface area contributed by atoms with Crippen LogP contribution >= 0.6 is 0 Å². The summed E-state index contributed by atoms with van der Waals surface area (Å²) in [5.41, 5.74) is -0.0626. The maximum absolute atomic E-state index is 12.6. The summed E-state index contributed by atoms with van der Waals surface area (Å²) in [5, 5.41) is 12.1. The molecule has 1 heterocycles. The molecule has 0 fully saturated rings. The molecule has 0 spiro atoms. The lowest BCUT2D eigenvalue weighted by Crippen LogP contribution is -2.28. The number of aliphatic hydroxyl groups is 1. The second kappa shape index (κ2) is 6.53. The van der Waals surface area contributed by atoms with Gasteiger partial charge in [-0.25, -0.2) is 9.97 Å². The summed E-state index contributed by atoms with van der Waals surface area (Å²) < 4.78 is 37.7. The fraction of sp³-hybridized carbons (Fsp3) is 0.286. The Morgan fingerprint density at radius 3 is 2.48 bits per heavy atom. The number of aliphatic hydroxyl groups excluding tert-OH is 1. The molecule has 0 saturated heterocycles. The highest BCUT2D eigenvalue weighted by atomic mass is 19.4. The van der Waals surface area contributed by atoms with Gasteiger partial charge in [0.25, 0.3) is 0 Å². The number of aromatic nitrogens is 2. The molecule has 0 aliphatic heterocycles. The van der Waals surface area contributed by atoms with E-state index in [1.807, 2.05) is 30.3 Å². The van der Waals surface area contributed by atoms with E-state index in [1.54, 1.807) is 0 Å². The van der Waals surface area contributed by atoms with Gasteiger partial charge in [-0.1, -0.05) is 30.3 Å². The first-order valence-corrected chi connectivity index (χ1v) is 6.30. The average Bonchev–Trinajstić information content (AvgIpc) is 2.47. The zero-order valence-electron chi connectivity index (χ0n) is 11.0. The number of benzene rings is 1. The first-order valence-electron chi connectivity index (χ1n) is 6.30. The molecule has 0 saturated carbocycles. The number of hydrogen-bond donors (Lipinski definition) is 2. The monoisotopic (exact) mass is 297 g/mol. The Balaban J connectivity index is 2.08. The van der Waals surface area contributed by atoms with Crippen LogP contribution in [0.1, 0.15) is 11.3 Å². The number of halogens is 3. The zero-order chi connectivity index (χ0) is 15.3. The predicted molar refractivity (Wildman–Crippen MR) is 71.7 cm³/mol. The van der Waals surface area contributed by atoms with E-state index in [-0.39, 0.29) is 12.6 Å². The Labute approximate surface area is 119 Å². The maximum Gasteiger partial charge on any atom is 0.433 e. The molecule has 0 bridgehead atoms. The third-order valence-corrected chi connectivity index (χ3v) is 2.82. The summed E-state index contributed by atoms with van der Waals surface area (Å²) >= 11 is 0. The quantitative estimate of drug-likeness (QED) is 0.890. The van der Waals surface area contributed by atoms with Gasteiger partial charge in [-0.3, -0.25) is 0 Å². The van der Waals surface area contributed by atoms with Crippen LogP contribution in [0.4, 0.5) is 19.1 Å². The lowest BCUT2D eigenvalue weighted by Gasteiger charge is -2.17. The summed E-state index contributed by atoms with van der Waals surface area (Å²) in [7, 11) is 0. The lowest BCUT2D eigenvalue weighted by atomic mass is 10.1. The Kier molecular flexibility index (Phi) is 4.74. The normalized spacial score (nSPS) is 13.0. The van der Waals surface area contributed by atoms with Crippen molar-refractivity contribution in [2.24, 2.45) is 0 Å². The first kappa shape index (κ1) is 15.2. The first-order chi connectivity index (χ1) is 9.99. The van der Waals surface area contributed by atoms with Gasteiger partial charge in [0.15, 0.2) is 0 Å². The van der Waals surface area contributed by atoms with Gasteiger partial charge < -0.3 is 10.4 Å². The highest BCUT2D eigenvalue weighted by Gasteiger charge is 2.32. The number of nitrogens with one attached hydrogen (secondary N) is 1. The molecular formula is C14H14F3N3O. The van der Waals surface area contributed by atoms with Crippen LogP contribution in [0.2, 0.25) is 0 Å². The van der Waals surface area contributed by atoms with Crippen molar-refractivity contribution in [1.29, 1.82) is 0 Å². The van der Waals surface area contributed by atoms with Crippen molar-refractivity contribution in [3.8, 4) is 0 Å². The summed E-state index contributed by atoms with van der Waals surface area (Å²) in [5.74, 6) is -0.153. The van der Waals surface area contributed by atoms with E-state index in [9.17, 15) is 18.3 Å². The van der Waals surface area contributed by atoms with Crippen LogP contribution in [0, 0.1) is 0 Å². The molecule has 1 aromatic carbocycles. The molecular weight excluding hydrogens is 283 g/mol. The number of nitrogens with zero attached hydrogens (tertiary/aromatic N) is 2. The van der Waals surface area contributed by atoms with Crippen molar-refractivity contribution in [1.82, 2.24) is 9.97 Å². The molecule has 0 aliphatic rings. The van der Waals surface area contributed by atoms with E-state index in [2.05, 4.69) is 15.3 Å². The van der Waals surface area contributed by atoms with E-state index in [1.165, 1.54) is 0 Å². The van der Waals surface area contributed by atoms with E-state index in [4.69, 9.17) is 0 Å².